The molecule has 0 saturated heterocycles. The number of rotatable bonds is 3. The third-order valence-corrected chi connectivity index (χ3v) is 4.23. The summed E-state index contributed by atoms with van der Waals surface area (Å²) in [5.41, 5.74) is 2.98. The zero-order valence-corrected chi connectivity index (χ0v) is 12.4. The molecule has 1 heterocycles. The van der Waals surface area contributed by atoms with Gasteiger partial charge < -0.3 is 14.6 Å². The largest absolute Gasteiger partial charge is 0.475 e. The Morgan fingerprint density at radius 1 is 1.41 bits per heavy atom. The van der Waals surface area contributed by atoms with Crippen LogP contribution in [0.1, 0.15) is 47.0 Å². The fraction of sp³-hybridized carbons (Fsp3) is 0.412. The number of aryl methyl sites for hydroxylation is 2. The molecule has 1 aliphatic carbocycles. The van der Waals surface area contributed by atoms with E-state index in [-0.39, 0.29) is 11.2 Å². The summed E-state index contributed by atoms with van der Waals surface area (Å²) in [5.74, 6) is -1.59. The predicted molar refractivity (Wildman–Crippen MR) is 81.5 cm³/mol. The molecule has 0 radical (unpaired) electrons. The molecule has 0 saturated carbocycles. The summed E-state index contributed by atoms with van der Waals surface area (Å²) in [5, 5.41) is 19.5. The maximum Gasteiger partial charge on any atom is 0.371 e. The number of carbonyl (C=O) groups is 1. The van der Waals surface area contributed by atoms with Crippen LogP contribution in [0.25, 0.3) is 11.0 Å². The maximum absolute atomic E-state index is 12.2. The smallest absolute Gasteiger partial charge is 0.371 e. The van der Waals surface area contributed by atoms with Crippen molar-refractivity contribution in [3.05, 3.63) is 44.8 Å². The second kappa shape index (κ2) is 5.57. The highest BCUT2D eigenvalue weighted by molar-refractivity contribution is 5.89. The summed E-state index contributed by atoms with van der Waals surface area (Å²) in [6.45, 7) is 2.02. The highest BCUT2D eigenvalue weighted by Gasteiger charge is 2.24. The van der Waals surface area contributed by atoms with Crippen molar-refractivity contribution in [2.24, 2.45) is 0 Å². The standard InChI is InChI=1S/C17H18O5/c1-2-3-11-12-7-10(18)5-4-9(12)6-13-14(19)8-15(17(20)21)22-16(11)13/h6,8,10,18H,2-5,7H2,1H3,(H,20,21). The Kier molecular flexibility index (Phi) is 3.74. The lowest BCUT2D eigenvalue weighted by atomic mass is 9.84. The van der Waals surface area contributed by atoms with Crippen LogP contribution >= 0.6 is 0 Å². The van der Waals surface area contributed by atoms with Crippen LogP contribution in [0.3, 0.4) is 0 Å². The lowest BCUT2D eigenvalue weighted by Gasteiger charge is -2.24. The quantitative estimate of drug-likeness (QED) is 0.908. The van der Waals surface area contributed by atoms with Crippen LogP contribution in [0, 0.1) is 0 Å². The highest BCUT2D eigenvalue weighted by atomic mass is 16.4. The third-order valence-electron chi connectivity index (χ3n) is 4.23. The van der Waals surface area contributed by atoms with E-state index in [0.717, 1.165) is 35.6 Å². The van der Waals surface area contributed by atoms with Gasteiger partial charge in [-0.3, -0.25) is 4.79 Å². The molecule has 3 rings (SSSR count). The minimum atomic E-state index is -1.25. The molecule has 0 spiro atoms. The first kappa shape index (κ1) is 14.8. The van der Waals surface area contributed by atoms with Gasteiger partial charge in [-0.1, -0.05) is 13.3 Å². The Morgan fingerprint density at radius 3 is 2.86 bits per heavy atom. The lowest BCUT2D eigenvalue weighted by molar-refractivity contribution is 0.0663. The number of carboxylic acids is 1. The molecular weight excluding hydrogens is 284 g/mol. The summed E-state index contributed by atoms with van der Waals surface area (Å²) in [7, 11) is 0. The summed E-state index contributed by atoms with van der Waals surface area (Å²) in [6, 6.07) is 2.83. The van der Waals surface area contributed by atoms with Crippen molar-refractivity contribution >= 4 is 16.9 Å². The summed E-state index contributed by atoms with van der Waals surface area (Å²) >= 11 is 0. The van der Waals surface area contributed by atoms with E-state index < -0.39 is 12.1 Å². The van der Waals surface area contributed by atoms with E-state index in [1.807, 2.05) is 6.92 Å². The number of benzene rings is 1. The van der Waals surface area contributed by atoms with E-state index in [1.165, 1.54) is 0 Å². The molecular formula is C17H18O5. The van der Waals surface area contributed by atoms with Crippen LogP contribution in [0.15, 0.2) is 21.3 Å². The zero-order valence-electron chi connectivity index (χ0n) is 12.4. The van der Waals surface area contributed by atoms with Crippen LogP contribution in [-0.2, 0) is 19.3 Å². The molecule has 0 aliphatic heterocycles. The molecule has 22 heavy (non-hydrogen) atoms. The predicted octanol–water partition coefficient (Wildman–Crippen LogP) is 2.29. The molecule has 116 valence electrons. The normalized spacial score (nSPS) is 17.5. The van der Waals surface area contributed by atoms with E-state index >= 15 is 0 Å². The maximum atomic E-state index is 12.2. The first-order chi connectivity index (χ1) is 10.5. The van der Waals surface area contributed by atoms with Crippen molar-refractivity contribution in [1.29, 1.82) is 0 Å². The van der Waals surface area contributed by atoms with Crippen molar-refractivity contribution < 1.29 is 19.4 Å². The Labute approximate surface area is 127 Å². The molecule has 5 nitrogen and oxygen atoms in total. The minimum Gasteiger partial charge on any atom is -0.475 e. The van der Waals surface area contributed by atoms with Gasteiger partial charge in [-0.05, 0) is 48.4 Å². The monoisotopic (exact) mass is 302 g/mol. The van der Waals surface area contributed by atoms with Gasteiger partial charge in [0.05, 0.1) is 11.5 Å². The van der Waals surface area contributed by atoms with E-state index in [1.54, 1.807) is 6.07 Å². The third kappa shape index (κ3) is 2.41. The first-order valence-electron chi connectivity index (χ1n) is 7.54. The number of hydrogen-bond acceptors (Lipinski definition) is 4. The molecule has 1 atom stereocenters. The van der Waals surface area contributed by atoms with Gasteiger partial charge in [-0.2, -0.15) is 0 Å². The second-order valence-electron chi connectivity index (χ2n) is 5.80. The Morgan fingerprint density at radius 2 is 2.18 bits per heavy atom. The van der Waals surface area contributed by atoms with E-state index in [0.29, 0.717) is 30.2 Å². The SMILES string of the molecule is CCCc1c2c(cc3c(=O)cc(C(=O)O)oc13)CCC(O)C2. The highest BCUT2D eigenvalue weighted by Crippen LogP contribution is 2.31. The van der Waals surface area contributed by atoms with Crippen molar-refractivity contribution in [3.63, 3.8) is 0 Å². The molecule has 1 aromatic heterocycles. The van der Waals surface area contributed by atoms with Crippen molar-refractivity contribution in [2.45, 2.75) is 45.1 Å². The van der Waals surface area contributed by atoms with E-state index in [2.05, 4.69) is 0 Å². The molecule has 2 aromatic rings. The Balaban J connectivity index is 2.36. The summed E-state index contributed by atoms with van der Waals surface area (Å²) in [6.07, 6.45) is 3.09. The average Bonchev–Trinajstić information content (AvgIpc) is 2.48. The van der Waals surface area contributed by atoms with E-state index in [4.69, 9.17) is 9.52 Å². The zero-order chi connectivity index (χ0) is 15.9. The van der Waals surface area contributed by atoms with Gasteiger partial charge in [0.2, 0.25) is 5.76 Å². The topological polar surface area (TPSA) is 87.7 Å². The molecule has 0 amide bonds. The Hall–Kier alpha value is -2.14. The van der Waals surface area contributed by atoms with E-state index in [9.17, 15) is 14.7 Å². The number of carboxylic acid groups (broad SMARTS) is 1. The Bertz CT molecular complexity index is 803. The first-order valence-corrected chi connectivity index (χ1v) is 7.54. The van der Waals surface area contributed by atoms with Crippen molar-refractivity contribution in [3.8, 4) is 0 Å². The van der Waals surface area contributed by atoms with Crippen LogP contribution in [0.5, 0.6) is 0 Å². The van der Waals surface area contributed by atoms with Crippen LogP contribution in [0.2, 0.25) is 0 Å². The summed E-state index contributed by atoms with van der Waals surface area (Å²) < 4.78 is 5.51. The van der Waals surface area contributed by atoms with Gasteiger partial charge in [0, 0.05) is 6.07 Å². The molecule has 2 N–H and O–H groups in total. The van der Waals surface area contributed by atoms with Gasteiger partial charge in [-0.25, -0.2) is 4.79 Å². The van der Waals surface area contributed by atoms with Gasteiger partial charge in [0.1, 0.15) is 5.58 Å². The molecule has 1 unspecified atom stereocenters. The fourth-order valence-electron chi connectivity index (χ4n) is 3.21. The molecule has 1 aromatic carbocycles. The molecule has 1 aliphatic rings. The molecule has 0 bridgehead atoms. The number of aliphatic hydroxyl groups is 1. The van der Waals surface area contributed by atoms with Crippen LogP contribution in [-0.4, -0.2) is 22.3 Å². The minimum absolute atomic E-state index is 0.329. The lowest BCUT2D eigenvalue weighted by Crippen LogP contribution is -2.21. The number of fused-ring (bicyclic) bond motifs is 2. The van der Waals surface area contributed by atoms with Crippen LogP contribution < -0.4 is 5.43 Å². The van der Waals surface area contributed by atoms with Crippen molar-refractivity contribution in [1.82, 2.24) is 0 Å². The van der Waals surface area contributed by atoms with Gasteiger partial charge in [-0.15, -0.1) is 0 Å². The van der Waals surface area contributed by atoms with Gasteiger partial charge >= 0.3 is 5.97 Å². The van der Waals surface area contributed by atoms with Crippen molar-refractivity contribution in [2.75, 3.05) is 0 Å². The molecule has 5 heteroatoms. The van der Waals surface area contributed by atoms with Crippen LogP contribution in [0.4, 0.5) is 0 Å². The number of aliphatic hydroxyl groups excluding tert-OH is 1. The number of aromatic carboxylic acids is 1. The fourth-order valence-corrected chi connectivity index (χ4v) is 3.21. The van der Waals surface area contributed by atoms with Gasteiger partial charge in [0.15, 0.2) is 5.43 Å². The molecule has 0 fully saturated rings. The summed E-state index contributed by atoms with van der Waals surface area (Å²) in [4.78, 5) is 23.4. The number of hydrogen-bond donors (Lipinski definition) is 2. The van der Waals surface area contributed by atoms with Gasteiger partial charge in [0.25, 0.3) is 0 Å². The average molecular weight is 302 g/mol. The second-order valence-corrected chi connectivity index (χ2v) is 5.80.